The zero-order chi connectivity index (χ0) is 21.0. The molecule has 164 valence electrons. The second-order valence-corrected chi connectivity index (χ2v) is 10.1. The van der Waals surface area contributed by atoms with Gasteiger partial charge in [0.25, 0.3) is 0 Å². The lowest BCUT2D eigenvalue weighted by molar-refractivity contribution is -0.130. The minimum atomic E-state index is -3.23. The monoisotopic (exact) mass is 562 g/mol. The third kappa shape index (κ3) is 6.17. The first-order valence-corrected chi connectivity index (χ1v) is 12.1. The third-order valence-electron chi connectivity index (χ3n) is 4.89. The molecule has 0 aliphatic carbocycles. The van der Waals surface area contributed by atoms with Crippen LogP contribution in [0, 0.1) is 6.92 Å². The average molecular weight is 562 g/mol. The highest BCUT2D eigenvalue weighted by Crippen LogP contribution is 2.23. The molecule has 0 bridgehead atoms. The molecule has 2 heterocycles. The largest absolute Gasteiger partial charge is 0.352 e. The summed E-state index contributed by atoms with van der Waals surface area (Å²) in [5.41, 5.74) is 2.89. The van der Waals surface area contributed by atoms with E-state index in [9.17, 15) is 13.2 Å². The van der Waals surface area contributed by atoms with E-state index in [1.807, 2.05) is 11.0 Å². The molecule has 2 aromatic rings. The van der Waals surface area contributed by atoms with Crippen LogP contribution in [-0.4, -0.2) is 51.6 Å². The minimum absolute atomic E-state index is 0. The fourth-order valence-corrected chi connectivity index (χ4v) is 5.23. The van der Waals surface area contributed by atoms with Crippen molar-refractivity contribution in [2.24, 2.45) is 4.99 Å². The molecule has 2 N–H and O–H groups in total. The van der Waals surface area contributed by atoms with E-state index >= 15 is 0 Å². The van der Waals surface area contributed by atoms with Crippen molar-refractivity contribution in [3.8, 4) is 0 Å². The summed E-state index contributed by atoms with van der Waals surface area (Å²) in [4.78, 5) is 20.3. The maximum Gasteiger partial charge on any atom is 0.242 e. The van der Waals surface area contributed by atoms with Gasteiger partial charge in [-0.1, -0.05) is 12.1 Å². The maximum absolute atomic E-state index is 12.5. The standard InChI is InChI=1S/C20H26N4O3S2.HI/c1-14-10-15(4-5-18(14)29(3,26)27)11-22-20(21-2)23-12-19(25)24-8-6-17-16(13-24)7-9-28-17;/h4-5,7,9-10H,6,8,11-13H2,1-3H3,(H2,21,22,23);1H. The molecule has 10 heteroatoms. The Morgan fingerprint density at radius 3 is 2.70 bits per heavy atom. The van der Waals surface area contributed by atoms with E-state index in [4.69, 9.17) is 0 Å². The Balaban J connectivity index is 0.00000320. The van der Waals surface area contributed by atoms with E-state index in [1.165, 1.54) is 16.7 Å². The quantitative estimate of drug-likeness (QED) is 0.332. The number of carbonyl (C=O) groups excluding carboxylic acids is 1. The molecule has 0 saturated carbocycles. The number of nitrogens with one attached hydrogen (secondary N) is 2. The van der Waals surface area contributed by atoms with Gasteiger partial charge in [0.2, 0.25) is 5.91 Å². The Bertz CT molecular complexity index is 1030. The molecule has 0 spiro atoms. The number of aliphatic imine (C=N–C) groups is 1. The van der Waals surface area contributed by atoms with Gasteiger partial charge in [-0.05, 0) is 47.5 Å². The van der Waals surface area contributed by atoms with Crippen molar-refractivity contribution in [2.45, 2.75) is 31.3 Å². The second-order valence-electron chi connectivity index (χ2n) is 7.09. The Morgan fingerprint density at radius 2 is 2.03 bits per heavy atom. The van der Waals surface area contributed by atoms with Crippen LogP contribution in [0.1, 0.15) is 21.6 Å². The summed E-state index contributed by atoms with van der Waals surface area (Å²) in [5.74, 6) is 0.564. The first-order chi connectivity index (χ1) is 13.8. The summed E-state index contributed by atoms with van der Waals surface area (Å²) < 4.78 is 23.5. The van der Waals surface area contributed by atoms with Gasteiger partial charge in [0.1, 0.15) is 0 Å². The van der Waals surface area contributed by atoms with Crippen molar-refractivity contribution >= 4 is 57.0 Å². The smallest absolute Gasteiger partial charge is 0.242 e. The van der Waals surface area contributed by atoms with Gasteiger partial charge < -0.3 is 15.5 Å². The summed E-state index contributed by atoms with van der Waals surface area (Å²) in [6.07, 6.45) is 2.12. The molecule has 30 heavy (non-hydrogen) atoms. The highest BCUT2D eigenvalue weighted by Gasteiger charge is 2.21. The van der Waals surface area contributed by atoms with Crippen LogP contribution >= 0.6 is 35.3 Å². The normalized spacial score (nSPS) is 14.0. The van der Waals surface area contributed by atoms with Gasteiger partial charge in [-0.3, -0.25) is 9.79 Å². The lowest BCUT2D eigenvalue weighted by atomic mass is 10.1. The molecular formula is C20H27IN4O3S2. The average Bonchev–Trinajstić information content (AvgIpc) is 3.14. The second kappa shape index (κ2) is 10.6. The molecule has 1 aromatic carbocycles. The molecule has 0 radical (unpaired) electrons. The van der Waals surface area contributed by atoms with Crippen molar-refractivity contribution in [2.75, 3.05) is 26.4 Å². The fraction of sp³-hybridized carbons (Fsp3) is 0.400. The highest BCUT2D eigenvalue weighted by molar-refractivity contribution is 14.0. The Labute approximate surface area is 198 Å². The summed E-state index contributed by atoms with van der Waals surface area (Å²) in [5, 5.41) is 8.30. The molecule has 0 atom stereocenters. The van der Waals surface area contributed by atoms with Crippen molar-refractivity contribution < 1.29 is 13.2 Å². The van der Waals surface area contributed by atoms with Gasteiger partial charge in [0, 0.05) is 37.8 Å². The lowest BCUT2D eigenvalue weighted by Crippen LogP contribution is -2.45. The lowest BCUT2D eigenvalue weighted by Gasteiger charge is -2.27. The molecule has 7 nitrogen and oxygen atoms in total. The summed E-state index contributed by atoms with van der Waals surface area (Å²) in [7, 11) is -1.58. The van der Waals surface area contributed by atoms with Crippen molar-refractivity contribution in [1.82, 2.24) is 15.5 Å². The predicted octanol–water partition coefficient (Wildman–Crippen LogP) is 2.33. The van der Waals surface area contributed by atoms with Crippen LogP contribution in [0.5, 0.6) is 0 Å². The van der Waals surface area contributed by atoms with Crippen molar-refractivity contribution in [1.29, 1.82) is 0 Å². The van der Waals surface area contributed by atoms with Crippen molar-refractivity contribution in [3.05, 3.63) is 51.2 Å². The number of aryl methyl sites for hydroxylation is 1. The predicted molar refractivity (Wildman–Crippen MR) is 131 cm³/mol. The highest BCUT2D eigenvalue weighted by atomic mass is 127. The van der Waals surface area contributed by atoms with Gasteiger partial charge >= 0.3 is 0 Å². The van der Waals surface area contributed by atoms with Gasteiger partial charge in [-0.2, -0.15) is 0 Å². The minimum Gasteiger partial charge on any atom is -0.352 e. The molecule has 1 aromatic heterocycles. The van der Waals surface area contributed by atoms with Gasteiger partial charge in [-0.15, -0.1) is 35.3 Å². The number of hydrogen-bond acceptors (Lipinski definition) is 5. The molecular weight excluding hydrogens is 535 g/mol. The number of carbonyl (C=O) groups is 1. The Kier molecular flexibility index (Phi) is 8.68. The fourth-order valence-electron chi connectivity index (χ4n) is 3.38. The van der Waals surface area contributed by atoms with Gasteiger partial charge in [0.15, 0.2) is 15.8 Å². The zero-order valence-electron chi connectivity index (χ0n) is 17.3. The van der Waals surface area contributed by atoms with E-state index in [1.54, 1.807) is 37.4 Å². The zero-order valence-corrected chi connectivity index (χ0v) is 21.2. The number of hydrogen-bond donors (Lipinski definition) is 2. The number of sulfone groups is 1. The van der Waals surface area contributed by atoms with Crippen molar-refractivity contribution in [3.63, 3.8) is 0 Å². The van der Waals surface area contributed by atoms with Crippen LogP contribution in [-0.2, 0) is 34.1 Å². The van der Waals surface area contributed by atoms with Crippen LogP contribution < -0.4 is 10.6 Å². The summed E-state index contributed by atoms with van der Waals surface area (Å²) in [6, 6.07) is 7.33. The van der Waals surface area contributed by atoms with E-state index < -0.39 is 9.84 Å². The Morgan fingerprint density at radius 1 is 1.27 bits per heavy atom. The van der Waals surface area contributed by atoms with Crippen LogP contribution in [0.2, 0.25) is 0 Å². The van der Waals surface area contributed by atoms with Crippen LogP contribution in [0.15, 0.2) is 39.5 Å². The number of amides is 1. The number of halogens is 1. The number of nitrogens with zero attached hydrogens (tertiary/aromatic N) is 2. The molecule has 3 rings (SSSR count). The number of guanidine groups is 1. The topological polar surface area (TPSA) is 90.9 Å². The molecule has 1 aliphatic heterocycles. The number of thiophene rings is 1. The molecule has 0 unspecified atom stereocenters. The molecule has 0 fully saturated rings. The van der Waals surface area contributed by atoms with E-state index in [-0.39, 0.29) is 36.4 Å². The van der Waals surface area contributed by atoms with Crippen LogP contribution in [0.4, 0.5) is 0 Å². The first kappa shape index (κ1) is 24.6. The number of rotatable bonds is 5. The first-order valence-electron chi connectivity index (χ1n) is 9.35. The summed E-state index contributed by atoms with van der Waals surface area (Å²) in [6.45, 7) is 3.83. The van der Waals surface area contributed by atoms with Crippen LogP contribution in [0.3, 0.4) is 0 Å². The molecule has 0 saturated heterocycles. The van der Waals surface area contributed by atoms with Gasteiger partial charge in [-0.25, -0.2) is 8.42 Å². The number of benzene rings is 1. The number of fused-ring (bicyclic) bond motifs is 1. The van der Waals surface area contributed by atoms with Gasteiger partial charge in [0.05, 0.1) is 11.4 Å². The maximum atomic E-state index is 12.5. The van der Waals surface area contributed by atoms with E-state index in [0.29, 0.717) is 29.5 Å². The SMILES string of the molecule is CN=C(NCC(=O)N1CCc2sccc2C1)NCc1ccc(S(C)(=O)=O)c(C)c1.I. The third-order valence-corrected chi connectivity index (χ3v) is 7.17. The van der Waals surface area contributed by atoms with Crippen LogP contribution in [0.25, 0.3) is 0 Å². The van der Waals surface area contributed by atoms with E-state index in [0.717, 1.165) is 18.5 Å². The Hall–Kier alpha value is -1.66. The molecule has 1 amide bonds. The molecule has 1 aliphatic rings. The summed E-state index contributed by atoms with van der Waals surface area (Å²) >= 11 is 1.75. The van der Waals surface area contributed by atoms with E-state index in [2.05, 4.69) is 27.1 Å².